The molecule has 1 aliphatic heterocycles. The molecule has 0 spiro atoms. The summed E-state index contributed by atoms with van der Waals surface area (Å²) in [7, 11) is 0.351. The van der Waals surface area contributed by atoms with E-state index in [1.54, 1.807) is 11.8 Å². The number of rotatable bonds is 5. The first kappa shape index (κ1) is 14.7. The van der Waals surface area contributed by atoms with Crippen molar-refractivity contribution in [1.82, 2.24) is 0 Å². The minimum atomic E-state index is 0.316. The van der Waals surface area contributed by atoms with Crippen molar-refractivity contribution in [1.29, 1.82) is 0 Å². The second kappa shape index (κ2) is 7.19. The molecule has 0 aromatic heterocycles. The zero-order chi connectivity index (χ0) is 14.5. The third kappa shape index (κ3) is 4.14. The highest BCUT2D eigenvalue weighted by atomic mass is 32.2. The Bertz CT molecular complexity index is 586. The molecule has 21 heavy (non-hydrogen) atoms. The molecule has 0 amide bonds. The highest BCUT2D eigenvalue weighted by Gasteiger charge is 2.27. The number of carbonyl (C=O) groups excluding carboxylic acids is 1. The van der Waals surface area contributed by atoms with E-state index in [0.717, 1.165) is 11.3 Å². The molecule has 1 saturated heterocycles. The first-order chi connectivity index (χ1) is 10.3. The maximum Gasteiger partial charge on any atom is 0.211 e. The van der Waals surface area contributed by atoms with Crippen molar-refractivity contribution in [3.8, 4) is 0 Å². The summed E-state index contributed by atoms with van der Waals surface area (Å²) in [5.41, 5.74) is 0.867. The molecular formula is C18H19OS2+. The van der Waals surface area contributed by atoms with Crippen LogP contribution in [-0.4, -0.2) is 23.0 Å². The molecule has 1 heterocycles. The maximum absolute atomic E-state index is 12.3. The standard InChI is InChI=1S/C18H19OS2/c19-18(14-21-12-4-5-13-21)15-8-10-17(11-9-15)20-16-6-2-1-3-7-16/h1-3,6-11H,4-5,12-14H2/q+1. The fourth-order valence-electron chi connectivity index (χ4n) is 2.46. The molecular weight excluding hydrogens is 296 g/mol. The highest BCUT2D eigenvalue weighted by Crippen LogP contribution is 2.27. The van der Waals surface area contributed by atoms with Gasteiger partial charge in [-0.15, -0.1) is 0 Å². The Balaban J connectivity index is 1.62. The average Bonchev–Trinajstić information content (AvgIpc) is 3.02. The molecule has 0 aliphatic carbocycles. The largest absolute Gasteiger partial charge is 0.289 e. The topological polar surface area (TPSA) is 17.1 Å². The molecule has 108 valence electrons. The van der Waals surface area contributed by atoms with Crippen LogP contribution >= 0.6 is 11.8 Å². The molecule has 1 nitrogen and oxygen atoms in total. The van der Waals surface area contributed by atoms with E-state index in [0.29, 0.717) is 16.7 Å². The molecule has 0 saturated carbocycles. The molecule has 2 aromatic carbocycles. The van der Waals surface area contributed by atoms with E-state index in [2.05, 4.69) is 24.3 Å². The third-order valence-electron chi connectivity index (χ3n) is 3.61. The normalized spacial score (nSPS) is 15.2. The number of hydrogen-bond acceptors (Lipinski definition) is 2. The molecule has 0 unspecified atom stereocenters. The van der Waals surface area contributed by atoms with E-state index in [-0.39, 0.29) is 0 Å². The monoisotopic (exact) mass is 315 g/mol. The summed E-state index contributed by atoms with van der Waals surface area (Å²) in [5, 5.41) is 0. The Morgan fingerprint density at radius 2 is 1.52 bits per heavy atom. The molecule has 3 heteroatoms. The number of benzene rings is 2. The fraction of sp³-hybridized carbons (Fsp3) is 0.278. The van der Waals surface area contributed by atoms with E-state index in [1.165, 1.54) is 34.1 Å². The fourth-order valence-corrected chi connectivity index (χ4v) is 5.55. The number of carbonyl (C=O) groups is 1. The van der Waals surface area contributed by atoms with Gasteiger partial charge in [-0.1, -0.05) is 42.1 Å². The Kier molecular flexibility index (Phi) is 5.04. The van der Waals surface area contributed by atoms with Gasteiger partial charge in [0.1, 0.15) is 11.5 Å². The predicted octanol–water partition coefficient (Wildman–Crippen LogP) is 4.43. The van der Waals surface area contributed by atoms with Crippen LogP contribution in [0.15, 0.2) is 64.4 Å². The molecule has 0 bridgehead atoms. The van der Waals surface area contributed by atoms with Gasteiger partial charge in [-0.25, -0.2) is 0 Å². The van der Waals surface area contributed by atoms with Crippen LogP contribution < -0.4 is 0 Å². The summed E-state index contributed by atoms with van der Waals surface area (Å²) < 4.78 is 0. The van der Waals surface area contributed by atoms with Gasteiger partial charge >= 0.3 is 0 Å². The van der Waals surface area contributed by atoms with Gasteiger partial charge < -0.3 is 0 Å². The van der Waals surface area contributed by atoms with Crippen LogP contribution in [0.2, 0.25) is 0 Å². The minimum absolute atomic E-state index is 0.316. The summed E-state index contributed by atoms with van der Waals surface area (Å²) in [6.45, 7) is 0. The second-order valence-electron chi connectivity index (χ2n) is 5.23. The van der Waals surface area contributed by atoms with E-state index in [1.807, 2.05) is 30.3 Å². The molecule has 3 rings (SSSR count). The lowest BCUT2D eigenvalue weighted by molar-refractivity contribution is 0.102. The smallest absolute Gasteiger partial charge is 0.211 e. The molecule has 0 atom stereocenters. The zero-order valence-corrected chi connectivity index (χ0v) is 13.6. The summed E-state index contributed by atoms with van der Waals surface area (Å²) >= 11 is 1.73. The van der Waals surface area contributed by atoms with Crippen molar-refractivity contribution in [3.05, 3.63) is 60.2 Å². The number of Topliss-reactive ketones (excluding diaryl/α,β-unsaturated/α-hetero) is 1. The van der Waals surface area contributed by atoms with Crippen LogP contribution in [0, 0.1) is 0 Å². The molecule has 1 aliphatic rings. The molecule has 0 N–H and O–H groups in total. The van der Waals surface area contributed by atoms with Crippen LogP contribution in [0.1, 0.15) is 23.2 Å². The van der Waals surface area contributed by atoms with Crippen molar-refractivity contribution in [2.75, 3.05) is 17.3 Å². The minimum Gasteiger partial charge on any atom is -0.289 e. The van der Waals surface area contributed by atoms with E-state index in [4.69, 9.17) is 0 Å². The highest BCUT2D eigenvalue weighted by molar-refractivity contribution is 7.99. The van der Waals surface area contributed by atoms with Gasteiger partial charge in [0, 0.05) is 15.4 Å². The second-order valence-corrected chi connectivity index (χ2v) is 8.71. The van der Waals surface area contributed by atoms with Crippen molar-refractivity contribution in [2.45, 2.75) is 22.6 Å². The van der Waals surface area contributed by atoms with Gasteiger partial charge in [0.05, 0.1) is 0 Å². The number of hydrogen-bond donors (Lipinski definition) is 0. The average molecular weight is 315 g/mol. The first-order valence-electron chi connectivity index (χ1n) is 7.31. The maximum atomic E-state index is 12.3. The molecule has 0 radical (unpaired) electrons. The first-order valence-corrected chi connectivity index (χ1v) is 9.86. The van der Waals surface area contributed by atoms with Gasteiger partial charge in [0.2, 0.25) is 5.78 Å². The molecule has 1 fully saturated rings. The summed E-state index contributed by atoms with van der Waals surface area (Å²) in [4.78, 5) is 14.7. The van der Waals surface area contributed by atoms with Gasteiger partial charge in [0.25, 0.3) is 0 Å². The van der Waals surface area contributed by atoms with E-state index < -0.39 is 0 Å². The van der Waals surface area contributed by atoms with E-state index >= 15 is 0 Å². The van der Waals surface area contributed by atoms with Crippen LogP contribution in [0.5, 0.6) is 0 Å². The SMILES string of the molecule is O=C(C[S+]1CCCC1)c1ccc(Sc2ccccc2)cc1. The van der Waals surface area contributed by atoms with Gasteiger partial charge in [-0.3, -0.25) is 4.79 Å². The van der Waals surface area contributed by atoms with Gasteiger partial charge in [0.15, 0.2) is 5.75 Å². The lowest BCUT2D eigenvalue weighted by Gasteiger charge is -2.04. The van der Waals surface area contributed by atoms with Crippen LogP contribution in [0.4, 0.5) is 0 Å². The predicted molar refractivity (Wildman–Crippen MR) is 92.5 cm³/mol. The number of ketones is 1. The van der Waals surface area contributed by atoms with Crippen LogP contribution in [0.25, 0.3) is 0 Å². The van der Waals surface area contributed by atoms with Crippen molar-refractivity contribution in [2.24, 2.45) is 0 Å². The van der Waals surface area contributed by atoms with Crippen molar-refractivity contribution >= 4 is 28.4 Å². The lowest BCUT2D eigenvalue weighted by atomic mass is 10.1. The third-order valence-corrected chi connectivity index (χ3v) is 7.02. The van der Waals surface area contributed by atoms with Gasteiger partial charge in [-0.05, 0) is 48.0 Å². The van der Waals surface area contributed by atoms with Crippen molar-refractivity contribution < 1.29 is 4.79 Å². The lowest BCUT2D eigenvalue weighted by Crippen LogP contribution is -2.17. The van der Waals surface area contributed by atoms with E-state index in [9.17, 15) is 4.79 Å². The summed E-state index contributed by atoms with van der Waals surface area (Å²) in [6, 6.07) is 18.4. The summed E-state index contributed by atoms with van der Waals surface area (Å²) in [6.07, 6.45) is 2.62. The van der Waals surface area contributed by atoms with Gasteiger partial charge in [-0.2, -0.15) is 0 Å². The van der Waals surface area contributed by atoms with Crippen LogP contribution in [0.3, 0.4) is 0 Å². The van der Waals surface area contributed by atoms with Crippen LogP contribution in [-0.2, 0) is 10.9 Å². The Morgan fingerprint density at radius 3 is 2.19 bits per heavy atom. The summed E-state index contributed by atoms with van der Waals surface area (Å²) in [5.74, 6) is 3.59. The quantitative estimate of drug-likeness (QED) is 0.599. The zero-order valence-electron chi connectivity index (χ0n) is 12.0. The Morgan fingerprint density at radius 1 is 0.905 bits per heavy atom. The Labute approximate surface area is 133 Å². The Hall–Kier alpha value is -1.19. The van der Waals surface area contributed by atoms with Crippen molar-refractivity contribution in [3.63, 3.8) is 0 Å². The molecule has 2 aromatic rings.